The highest BCUT2D eigenvalue weighted by Crippen LogP contribution is 2.29. The molecule has 92 valence electrons. The quantitative estimate of drug-likeness (QED) is 0.798. The third kappa shape index (κ3) is 2.52. The van der Waals surface area contributed by atoms with Crippen molar-refractivity contribution in [2.75, 3.05) is 24.3 Å². The molecule has 2 rings (SSSR count). The first-order valence-corrected chi connectivity index (χ1v) is 5.96. The van der Waals surface area contributed by atoms with Crippen LogP contribution in [-0.2, 0) is 4.79 Å². The van der Waals surface area contributed by atoms with Gasteiger partial charge < -0.3 is 15.4 Å². The van der Waals surface area contributed by atoms with Crippen LogP contribution in [0.3, 0.4) is 0 Å². The molecular weight excluding hydrogens is 216 g/mol. The van der Waals surface area contributed by atoms with E-state index in [0.717, 1.165) is 31.5 Å². The second-order valence-electron chi connectivity index (χ2n) is 4.28. The van der Waals surface area contributed by atoms with E-state index in [9.17, 15) is 4.79 Å². The highest BCUT2D eigenvalue weighted by molar-refractivity contribution is 5.96. The van der Waals surface area contributed by atoms with Crippen LogP contribution in [0.4, 0.5) is 11.4 Å². The van der Waals surface area contributed by atoms with Crippen molar-refractivity contribution in [3.05, 3.63) is 18.2 Å². The van der Waals surface area contributed by atoms with Crippen molar-refractivity contribution >= 4 is 17.3 Å². The third-order valence-corrected chi connectivity index (χ3v) is 3.10. The molecular formula is C13H18N2O2. The molecule has 1 heterocycles. The van der Waals surface area contributed by atoms with Gasteiger partial charge in [-0.25, -0.2) is 0 Å². The van der Waals surface area contributed by atoms with Gasteiger partial charge in [-0.2, -0.15) is 0 Å². The van der Waals surface area contributed by atoms with Gasteiger partial charge in [-0.15, -0.1) is 0 Å². The fraction of sp³-hybridized carbons (Fsp3) is 0.462. The van der Waals surface area contributed by atoms with Gasteiger partial charge in [0.1, 0.15) is 5.75 Å². The molecule has 4 nitrogen and oxygen atoms in total. The summed E-state index contributed by atoms with van der Waals surface area (Å²) in [5.74, 6) is 0.882. The maximum atomic E-state index is 12.0. The Kier molecular flexibility index (Phi) is 3.52. The van der Waals surface area contributed by atoms with Crippen LogP contribution in [0.1, 0.15) is 25.7 Å². The van der Waals surface area contributed by atoms with E-state index in [4.69, 9.17) is 10.5 Å². The average Bonchev–Trinajstić information content (AvgIpc) is 2.54. The number of ether oxygens (including phenoxy) is 1. The first kappa shape index (κ1) is 11.8. The monoisotopic (exact) mass is 234 g/mol. The van der Waals surface area contributed by atoms with Crippen LogP contribution < -0.4 is 15.4 Å². The molecule has 2 N–H and O–H groups in total. The molecule has 1 aromatic rings. The lowest BCUT2D eigenvalue weighted by atomic mass is 10.2. The van der Waals surface area contributed by atoms with E-state index in [0.29, 0.717) is 17.9 Å². The minimum atomic E-state index is 0.166. The highest BCUT2D eigenvalue weighted by atomic mass is 16.5. The first-order chi connectivity index (χ1) is 8.22. The Hall–Kier alpha value is -1.71. The fourth-order valence-electron chi connectivity index (χ4n) is 2.14. The van der Waals surface area contributed by atoms with Gasteiger partial charge in [0.2, 0.25) is 5.91 Å². The standard InChI is InChI=1S/C13H18N2O2/c1-17-10-6-7-12(11(14)9-10)15-8-4-2-3-5-13(15)16/h6-7,9H,2-5,8,14H2,1H3. The number of carbonyl (C=O) groups excluding carboxylic acids is 1. The van der Waals surface area contributed by atoms with Gasteiger partial charge in [0.05, 0.1) is 18.5 Å². The first-order valence-electron chi connectivity index (χ1n) is 5.96. The van der Waals surface area contributed by atoms with Gasteiger partial charge >= 0.3 is 0 Å². The number of hydrogen-bond acceptors (Lipinski definition) is 3. The molecule has 1 fully saturated rings. The van der Waals surface area contributed by atoms with E-state index < -0.39 is 0 Å². The molecule has 1 amide bonds. The molecule has 0 bridgehead atoms. The molecule has 0 radical (unpaired) electrons. The largest absolute Gasteiger partial charge is 0.497 e. The average molecular weight is 234 g/mol. The second kappa shape index (κ2) is 5.08. The molecule has 4 heteroatoms. The number of methoxy groups -OCH3 is 1. The molecule has 0 aliphatic carbocycles. The highest BCUT2D eigenvalue weighted by Gasteiger charge is 2.20. The molecule has 0 saturated carbocycles. The van der Waals surface area contributed by atoms with Crippen molar-refractivity contribution in [2.24, 2.45) is 0 Å². The minimum absolute atomic E-state index is 0.166. The number of anilines is 2. The van der Waals surface area contributed by atoms with Crippen LogP contribution in [0, 0.1) is 0 Å². The van der Waals surface area contributed by atoms with Crippen LogP contribution in [0.2, 0.25) is 0 Å². The molecule has 0 unspecified atom stereocenters. The predicted octanol–water partition coefficient (Wildman–Crippen LogP) is 2.18. The normalized spacial score (nSPS) is 16.8. The summed E-state index contributed by atoms with van der Waals surface area (Å²) >= 11 is 0. The summed E-state index contributed by atoms with van der Waals surface area (Å²) in [6.07, 6.45) is 3.74. The molecule has 0 atom stereocenters. The molecule has 1 aliphatic rings. The fourth-order valence-corrected chi connectivity index (χ4v) is 2.14. The van der Waals surface area contributed by atoms with Crippen molar-refractivity contribution < 1.29 is 9.53 Å². The number of nitrogens with two attached hydrogens (primary N) is 1. The maximum Gasteiger partial charge on any atom is 0.227 e. The summed E-state index contributed by atoms with van der Waals surface area (Å²) in [6.45, 7) is 0.759. The summed E-state index contributed by atoms with van der Waals surface area (Å²) in [4.78, 5) is 13.8. The molecule has 0 spiro atoms. The van der Waals surface area contributed by atoms with Gasteiger partial charge in [0.15, 0.2) is 0 Å². The van der Waals surface area contributed by atoms with E-state index in [2.05, 4.69) is 0 Å². The number of nitrogen functional groups attached to an aromatic ring is 1. The summed E-state index contributed by atoms with van der Waals surface area (Å²) in [6, 6.07) is 5.45. The summed E-state index contributed by atoms with van der Waals surface area (Å²) < 4.78 is 5.11. The molecule has 1 aromatic carbocycles. The lowest BCUT2D eigenvalue weighted by molar-refractivity contribution is -0.118. The van der Waals surface area contributed by atoms with Gasteiger partial charge in [0, 0.05) is 19.0 Å². The summed E-state index contributed by atoms with van der Waals surface area (Å²) in [5, 5.41) is 0. The summed E-state index contributed by atoms with van der Waals surface area (Å²) in [7, 11) is 1.60. The van der Waals surface area contributed by atoms with Crippen LogP contribution in [0.15, 0.2) is 18.2 Å². The Bertz CT molecular complexity index is 418. The van der Waals surface area contributed by atoms with E-state index in [-0.39, 0.29) is 5.91 Å². The van der Waals surface area contributed by atoms with Gasteiger partial charge in [0.25, 0.3) is 0 Å². The lowest BCUT2D eigenvalue weighted by Gasteiger charge is -2.22. The molecule has 17 heavy (non-hydrogen) atoms. The van der Waals surface area contributed by atoms with Crippen LogP contribution >= 0.6 is 0 Å². The van der Waals surface area contributed by atoms with Crippen LogP contribution in [0.5, 0.6) is 5.75 Å². The van der Waals surface area contributed by atoms with Crippen molar-refractivity contribution in [3.8, 4) is 5.75 Å². The van der Waals surface area contributed by atoms with Gasteiger partial charge in [-0.1, -0.05) is 6.42 Å². The Morgan fingerprint density at radius 2 is 2.12 bits per heavy atom. The SMILES string of the molecule is COc1ccc(N2CCCCCC2=O)c(N)c1. The Morgan fingerprint density at radius 3 is 2.82 bits per heavy atom. The predicted molar refractivity (Wildman–Crippen MR) is 68.2 cm³/mol. The number of carbonyl (C=O) groups is 1. The van der Waals surface area contributed by atoms with Crippen LogP contribution in [0.25, 0.3) is 0 Å². The number of rotatable bonds is 2. The minimum Gasteiger partial charge on any atom is -0.497 e. The Morgan fingerprint density at radius 1 is 1.29 bits per heavy atom. The number of hydrogen-bond donors (Lipinski definition) is 1. The van der Waals surface area contributed by atoms with Crippen molar-refractivity contribution in [1.29, 1.82) is 0 Å². The van der Waals surface area contributed by atoms with E-state index in [1.54, 1.807) is 18.1 Å². The Balaban J connectivity index is 2.28. The maximum absolute atomic E-state index is 12.0. The second-order valence-corrected chi connectivity index (χ2v) is 4.28. The number of benzene rings is 1. The zero-order chi connectivity index (χ0) is 12.3. The van der Waals surface area contributed by atoms with Crippen molar-refractivity contribution in [1.82, 2.24) is 0 Å². The molecule has 1 aliphatic heterocycles. The Labute approximate surface area is 101 Å². The summed E-state index contributed by atoms with van der Waals surface area (Å²) in [5.41, 5.74) is 7.37. The smallest absolute Gasteiger partial charge is 0.227 e. The third-order valence-electron chi connectivity index (χ3n) is 3.10. The van der Waals surface area contributed by atoms with E-state index >= 15 is 0 Å². The molecule has 1 saturated heterocycles. The van der Waals surface area contributed by atoms with Crippen molar-refractivity contribution in [2.45, 2.75) is 25.7 Å². The van der Waals surface area contributed by atoms with Crippen molar-refractivity contribution in [3.63, 3.8) is 0 Å². The van der Waals surface area contributed by atoms with Crippen LogP contribution in [-0.4, -0.2) is 19.6 Å². The van der Waals surface area contributed by atoms with Gasteiger partial charge in [-0.05, 0) is 25.0 Å². The topological polar surface area (TPSA) is 55.6 Å². The van der Waals surface area contributed by atoms with Gasteiger partial charge in [-0.3, -0.25) is 4.79 Å². The van der Waals surface area contributed by atoms with E-state index in [1.807, 2.05) is 12.1 Å². The number of amides is 1. The lowest BCUT2D eigenvalue weighted by Crippen LogP contribution is -2.30. The zero-order valence-electron chi connectivity index (χ0n) is 10.1. The number of nitrogens with zero attached hydrogens (tertiary/aromatic N) is 1. The van der Waals surface area contributed by atoms with E-state index in [1.165, 1.54) is 0 Å². The molecule has 0 aromatic heterocycles. The zero-order valence-corrected chi connectivity index (χ0v) is 10.1.